The molecule has 2 unspecified atom stereocenters. The van der Waals surface area contributed by atoms with Crippen LogP contribution in [0.5, 0.6) is 11.5 Å². The largest absolute Gasteiger partial charge is 0.478 e. The van der Waals surface area contributed by atoms with Crippen LogP contribution < -0.4 is 9.47 Å². The monoisotopic (exact) mass is 475 g/mol. The number of aliphatic carboxylic acids is 1. The predicted molar refractivity (Wildman–Crippen MR) is 115 cm³/mol. The van der Waals surface area contributed by atoms with Gasteiger partial charge in [0.25, 0.3) is 0 Å². The number of halogens is 1. The molecule has 2 aliphatic heterocycles. The quantitative estimate of drug-likeness (QED) is 0.634. The summed E-state index contributed by atoms with van der Waals surface area (Å²) in [6, 6.07) is 12.0. The van der Waals surface area contributed by atoms with Gasteiger partial charge in [-0.3, -0.25) is 0 Å². The maximum absolute atomic E-state index is 12.5. The maximum atomic E-state index is 12.5. The van der Waals surface area contributed by atoms with E-state index in [2.05, 4.69) is 4.74 Å². The SMILES string of the molecule is COC(=O)C1Oc2ccc(C[C@@H](C)N3C[C@@H](c4cccc(Cl)c4)OC3=O)cc2OC1C(=O)O. The number of carboxylic acids is 1. The van der Waals surface area contributed by atoms with E-state index in [4.69, 9.17) is 25.8 Å². The Kier molecular flexibility index (Phi) is 6.33. The lowest BCUT2D eigenvalue weighted by Gasteiger charge is -2.30. The average molecular weight is 476 g/mol. The second-order valence-electron chi connectivity index (χ2n) is 7.85. The van der Waals surface area contributed by atoms with Crippen molar-refractivity contribution in [2.45, 2.75) is 37.7 Å². The van der Waals surface area contributed by atoms with Crippen molar-refractivity contribution in [2.24, 2.45) is 0 Å². The van der Waals surface area contributed by atoms with E-state index in [9.17, 15) is 19.5 Å². The van der Waals surface area contributed by atoms with Crippen LogP contribution in [0.3, 0.4) is 0 Å². The van der Waals surface area contributed by atoms with E-state index in [1.54, 1.807) is 35.2 Å². The Hall–Kier alpha value is -3.46. The first-order chi connectivity index (χ1) is 15.8. The fourth-order valence-corrected chi connectivity index (χ4v) is 4.10. The molecule has 0 aromatic heterocycles. The number of carbonyl (C=O) groups is 3. The third kappa shape index (κ3) is 4.68. The maximum Gasteiger partial charge on any atom is 0.410 e. The molecule has 1 saturated heterocycles. The number of ether oxygens (including phenoxy) is 4. The Bertz CT molecular complexity index is 1090. The Morgan fingerprint density at radius 3 is 2.61 bits per heavy atom. The van der Waals surface area contributed by atoms with Gasteiger partial charge in [0.05, 0.1) is 13.7 Å². The van der Waals surface area contributed by atoms with Crippen molar-refractivity contribution in [3.63, 3.8) is 0 Å². The number of cyclic esters (lactones) is 1. The second-order valence-corrected chi connectivity index (χ2v) is 8.29. The van der Waals surface area contributed by atoms with Gasteiger partial charge in [0.2, 0.25) is 12.2 Å². The van der Waals surface area contributed by atoms with Crippen molar-refractivity contribution in [2.75, 3.05) is 13.7 Å². The van der Waals surface area contributed by atoms with Crippen molar-refractivity contribution in [1.29, 1.82) is 0 Å². The predicted octanol–water partition coefficient (Wildman–Crippen LogP) is 3.23. The number of methoxy groups -OCH3 is 1. The fraction of sp³-hybridized carbons (Fsp3) is 0.348. The minimum atomic E-state index is -1.54. The first-order valence-electron chi connectivity index (χ1n) is 10.3. The number of amides is 1. The third-order valence-corrected chi connectivity index (χ3v) is 5.83. The highest BCUT2D eigenvalue weighted by molar-refractivity contribution is 6.30. The highest BCUT2D eigenvalue weighted by Gasteiger charge is 2.43. The van der Waals surface area contributed by atoms with Crippen LogP contribution in [0.15, 0.2) is 42.5 Å². The molecule has 174 valence electrons. The van der Waals surface area contributed by atoms with E-state index in [0.29, 0.717) is 18.0 Å². The van der Waals surface area contributed by atoms with Crippen LogP contribution in [0, 0.1) is 0 Å². The van der Waals surface area contributed by atoms with Crippen LogP contribution in [0.25, 0.3) is 0 Å². The summed E-state index contributed by atoms with van der Waals surface area (Å²) in [5, 5.41) is 9.99. The summed E-state index contributed by atoms with van der Waals surface area (Å²) in [4.78, 5) is 37.5. The van der Waals surface area contributed by atoms with Crippen molar-refractivity contribution < 1.29 is 38.4 Å². The molecule has 2 aromatic rings. The van der Waals surface area contributed by atoms with Crippen LogP contribution in [0.4, 0.5) is 4.79 Å². The number of rotatable bonds is 6. The minimum Gasteiger partial charge on any atom is -0.478 e. The molecule has 1 fully saturated rings. The molecule has 2 aliphatic rings. The van der Waals surface area contributed by atoms with Crippen LogP contribution in [0.1, 0.15) is 24.2 Å². The van der Waals surface area contributed by atoms with Gasteiger partial charge < -0.3 is 29.0 Å². The summed E-state index contributed by atoms with van der Waals surface area (Å²) in [5.41, 5.74) is 1.62. The summed E-state index contributed by atoms with van der Waals surface area (Å²) in [7, 11) is 1.14. The number of esters is 1. The average Bonchev–Trinajstić information content (AvgIpc) is 3.19. The molecule has 0 bridgehead atoms. The van der Waals surface area contributed by atoms with E-state index < -0.39 is 36.3 Å². The Labute approximate surface area is 194 Å². The zero-order valence-electron chi connectivity index (χ0n) is 17.9. The summed E-state index contributed by atoms with van der Waals surface area (Å²) in [5.74, 6) is -1.75. The van der Waals surface area contributed by atoms with Gasteiger partial charge in [-0.1, -0.05) is 29.8 Å². The highest BCUT2D eigenvalue weighted by Crippen LogP contribution is 2.36. The summed E-state index contributed by atoms with van der Waals surface area (Å²) in [6.45, 7) is 2.28. The second kappa shape index (κ2) is 9.19. The lowest BCUT2D eigenvalue weighted by atomic mass is 10.0. The first kappa shape index (κ1) is 22.7. The number of nitrogens with zero attached hydrogens (tertiary/aromatic N) is 1. The van der Waals surface area contributed by atoms with Crippen molar-refractivity contribution in [3.05, 3.63) is 58.6 Å². The van der Waals surface area contributed by atoms with Gasteiger partial charge in [-0.2, -0.15) is 0 Å². The Morgan fingerprint density at radius 1 is 1.15 bits per heavy atom. The number of fused-ring (bicyclic) bond motifs is 1. The van der Waals surface area contributed by atoms with Crippen LogP contribution in [0.2, 0.25) is 5.02 Å². The smallest absolute Gasteiger partial charge is 0.410 e. The number of carboxylic acid groups (broad SMARTS) is 1. The van der Waals surface area contributed by atoms with Crippen LogP contribution in [-0.4, -0.2) is 59.9 Å². The molecule has 4 atom stereocenters. The van der Waals surface area contributed by atoms with Crippen molar-refractivity contribution >= 4 is 29.6 Å². The molecular weight excluding hydrogens is 454 g/mol. The van der Waals surface area contributed by atoms with Gasteiger partial charge in [-0.25, -0.2) is 14.4 Å². The molecule has 1 amide bonds. The van der Waals surface area contributed by atoms with E-state index in [0.717, 1.165) is 18.2 Å². The Morgan fingerprint density at radius 2 is 1.91 bits per heavy atom. The molecule has 10 heteroatoms. The molecule has 33 heavy (non-hydrogen) atoms. The van der Waals surface area contributed by atoms with E-state index >= 15 is 0 Å². The van der Waals surface area contributed by atoms with Gasteiger partial charge in [0.15, 0.2) is 11.5 Å². The van der Waals surface area contributed by atoms with Gasteiger partial charge in [-0.15, -0.1) is 0 Å². The van der Waals surface area contributed by atoms with Crippen molar-refractivity contribution in [3.8, 4) is 11.5 Å². The number of hydrogen-bond donors (Lipinski definition) is 1. The topological polar surface area (TPSA) is 112 Å². The van der Waals surface area contributed by atoms with Gasteiger partial charge in [0, 0.05) is 11.1 Å². The molecule has 0 radical (unpaired) electrons. The molecule has 0 spiro atoms. The Balaban J connectivity index is 1.47. The van der Waals surface area contributed by atoms with Crippen LogP contribution in [-0.2, 0) is 25.5 Å². The van der Waals surface area contributed by atoms with Gasteiger partial charge in [-0.05, 0) is 48.7 Å². The zero-order chi connectivity index (χ0) is 23.7. The lowest BCUT2D eigenvalue weighted by Crippen LogP contribution is -2.50. The summed E-state index contributed by atoms with van der Waals surface area (Å²) in [6.07, 6.45) is -3.31. The fourth-order valence-electron chi connectivity index (χ4n) is 3.91. The highest BCUT2D eigenvalue weighted by atomic mass is 35.5. The molecule has 4 rings (SSSR count). The van der Waals surface area contributed by atoms with E-state index in [-0.39, 0.29) is 17.5 Å². The van der Waals surface area contributed by atoms with Gasteiger partial charge in [0.1, 0.15) is 6.10 Å². The van der Waals surface area contributed by atoms with Gasteiger partial charge >= 0.3 is 18.0 Å². The van der Waals surface area contributed by atoms with Crippen molar-refractivity contribution in [1.82, 2.24) is 4.90 Å². The minimum absolute atomic E-state index is 0.202. The molecule has 1 N–H and O–H groups in total. The molecular formula is C23H22ClNO8. The molecule has 9 nitrogen and oxygen atoms in total. The van der Waals surface area contributed by atoms with E-state index in [1.165, 1.54) is 0 Å². The van der Waals surface area contributed by atoms with E-state index in [1.807, 2.05) is 19.1 Å². The molecule has 2 heterocycles. The molecule has 0 saturated carbocycles. The summed E-state index contributed by atoms with van der Waals surface area (Å²) >= 11 is 6.05. The zero-order valence-corrected chi connectivity index (χ0v) is 18.7. The molecule has 2 aromatic carbocycles. The standard InChI is InChI=1S/C23H22ClNO8/c1-12(25-11-18(33-23(25)29)14-4-3-5-15(24)10-14)8-13-6-7-16-17(9-13)32-19(21(26)27)20(31-16)22(28)30-2/h3-7,9-10,12,18-20H,8,11H2,1-2H3,(H,26,27)/t12-,18+,19?,20?/m1/s1. The summed E-state index contributed by atoms with van der Waals surface area (Å²) < 4.78 is 21.2. The number of carbonyl (C=O) groups excluding carboxylic acids is 2. The first-order valence-corrected chi connectivity index (χ1v) is 10.6. The molecule has 0 aliphatic carbocycles. The normalized spacial score (nSPS) is 22.5. The number of benzene rings is 2. The van der Waals surface area contributed by atoms with Crippen LogP contribution >= 0.6 is 11.6 Å². The number of hydrogen-bond acceptors (Lipinski definition) is 7. The lowest BCUT2D eigenvalue weighted by molar-refractivity contribution is -0.166. The third-order valence-electron chi connectivity index (χ3n) is 5.59.